The average Bonchev–Trinajstić information content (AvgIpc) is 3.18. The van der Waals surface area contributed by atoms with E-state index in [-0.39, 0.29) is 17.7 Å². The number of likely N-dealkylation sites (N-methyl/N-ethyl adjacent to an activating group) is 1. The van der Waals surface area contributed by atoms with Crippen LogP contribution in [0.1, 0.15) is 22.7 Å². The fourth-order valence-electron chi connectivity index (χ4n) is 2.99. The van der Waals surface area contributed by atoms with Crippen LogP contribution in [0, 0.1) is 13.8 Å². The molecule has 29 heavy (non-hydrogen) atoms. The van der Waals surface area contributed by atoms with Gasteiger partial charge in [-0.3, -0.25) is 4.79 Å². The average molecular weight is 412 g/mol. The fraction of sp³-hybridized carbons (Fsp3) is 0.318. The van der Waals surface area contributed by atoms with Gasteiger partial charge in [-0.25, -0.2) is 0 Å². The normalized spacial score (nSPS) is 12.2. The van der Waals surface area contributed by atoms with E-state index in [1.54, 1.807) is 0 Å². The van der Waals surface area contributed by atoms with Crippen molar-refractivity contribution < 1.29 is 14.1 Å². The monoisotopic (exact) mass is 411 g/mol. The lowest BCUT2D eigenvalue weighted by atomic mass is 10.1. The maximum atomic E-state index is 12.3. The third-order valence-corrected chi connectivity index (χ3v) is 5.71. The van der Waals surface area contributed by atoms with E-state index < -0.39 is 0 Å². The molecular formula is C22H27N4O2S+. The Hall–Kier alpha value is -2.64. The van der Waals surface area contributed by atoms with Gasteiger partial charge in [0.2, 0.25) is 11.8 Å². The highest BCUT2D eigenvalue weighted by Gasteiger charge is 2.19. The summed E-state index contributed by atoms with van der Waals surface area (Å²) < 4.78 is 5.70. The van der Waals surface area contributed by atoms with Gasteiger partial charge >= 0.3 is 0 Å². The van der Waals surface area contributed by atoms with E-state index in [0.29, 0.717) is 17.7 Å². The first-order valence-electron chi connectivity index (χ1n) is 9.59. The van der Waals surface area contributed by atoms with E-state index in [2.05, 4.69) is 48.7 Å². The molecule has 2 aromatic carbocycles. The zero-order chi connectivity index (χ0) is 20.8. The number of carbonyl (C=O) groups excluding carboxylic acids is 1. The highest BCUT2D eigenvalue weighted by Crippen LogP contribution is 2.24. The van der Waals surface area contributed by atoms with Crippen LogP contribution in [0.5, 0.6) is 0 Å². The molecule has 0 aliphatic carbocycles. The second kappa shape index (κ2) is 9.71. The molecule has 3 aromatic rings. The number of hydrogen-bond donors (Lipinski definition) is 2. The van der Waals surface area contributed by atoms with Crippen LogP contribution < -0.4 is 10.2 Å². The molecule has 1 amide bonds. The number of carbonyl (C=O) groups is 1. The van der Waals surface area contributed by atoms with Gasteiger partial charge in [0.1, 0.15) is 6.04 Å². The predicted octanol–water partition coefficient (Wildman–Crippen LogP) is 2.45. The van der Waals surface area contributed by atoms with E-state index >= 15 is 0 Å². The summed E-state index contributed by atoms with van der Waals surface area (Å²) in [7, 11) is 4.18. The number of nitrogens with one attached hydrogen (secondary N) is 2. The first kappa shape index (κ1) is 21.1. The number of thioether (sulfide) groups is 1. The van der Waals surface area contributed by atoms with Crippen LogP contribution in [0.2, 0.25) is 0 Å². The topological polar surface area (TPSA) is 72.5 Å². The molecule has 0 spiro atoms. The minimum Gasteiger partial charge on any atom is -0.411 e. The number of hydrogen-bond acceptors (Lipinski definition) is 5. The summed E-state index contributed by atoms with van der Waals surface area (Å²) in [6.07, 6.45) is 0. The van der Waals surface area contributed by atoms with Gasteiger partial charge in [-0.1, -0.05) is 48.2 Å². The Balaban J connectivity index is 1.53. The number of benzene rings is 2. The SMILES string of the molecule is Cc1ccc(-c2nnc(SCC(=O)NC[C@H](c3ccccc3)[NH+](C)C)o2)cc1C. The molecule has 0 saturated heterocycles. The summed E-state index contributed by atoms with van der Waals surface area (Å²) in [5.74, 6) is 0.651. The summed E-state index contributed by atoms with van der Waals surface area (Å²) >= 11 is 1.25. The van der Waals surface area contributed by atoms with Crippen LogP contribution in [-0.4, -0.2) is 42.5 Å². The van der Waals surface area contributed by atoms with E-state index in [1.165, 1.54) is 33.4 Å². The van der Waals surface area contributed by atoms with Crippen LogP contribution in [-0.2, 0) is 4.79 Å². The smallest absolute Gasteiger partial charge is 0.277 e. The molecule has 0 radical (unpaired) electrons. The van der Waals surface area contributed by atoms with Crippen molar-refractivity contribution in [1.29, 1.82) is 0 Å². The van der Waals surface area contributed by atoms with Crippen LogP contribution in [0.3, 0.4) is 0 Å². The molecule has 152 valence electrons. The van der Waals surface area contributed by atoms with E-state index in [9.17, 15) is 4.79 Å². The number of aromatic nitrogens is 2. The molecule has 0 aliphatic rings. The largest absolute Gasteiger partial charge is 0.411 e. The molecular weight excluding hydrogens is 384 g/mol. The number of amides is 1. The molecule has 0 saturated carbocycles. The van der Waals surface area contributed by atoms with Gasteiger partial charge in [0.25, 0.3) is 5.22 Å². The van der Waals surface area contributed by atoms with Crippen molar-refractivity contribution in [3.63, 3.8) is 0 Å². The number of nitrogens with zero attached hydrogens (tertiary/aromatic N) is 2. The van der Waals surface area contributed by atoms with Gasteiger partial charge < -0.3 is 14.6 Å². The third-order valence-electron chi connectivity index (χ3n) is 4.89. The first-order valence-corrected chi connectivity index (χ1v) is 10.6. The fourth-order valence-corrected chi connectivity index (χ4v) is 3.59. The van der Waals surface area contributed by atoms with Gasteiger partial charge in [0.15, 0.2) is 0 Å². The molecule has 3 rings (SSSR count). The lowest BCUT2D eigenvalue weighted by molar-refractivity contribution is -0.890. The van der Waals surface area contributed by atoms with Crippen molar-refractivity contribution in [3.8, 4) is 11.5 Å². The molecule has 1 atom stereocenters. The summed E-state index contributed by atoms with van der Waals surface area (Å²) in [5, 5.41) is 11.6. The standard InChI is InChI=1S/C22H26N4O2S/c1-15-10-11-18(12-16(15)2)21-24-25-22(28-21)29-14-20(27)23-13-19(26(3)4)17-8-6-5-7-9-17/h5-12,19H,13-14H2,1-4H3,(H,23,27)/p+1/t19-/m1/s1. The van der Waals surface area contributed by atoms with Crippen molar-refractivity contribution >= 4 is 17.7 Å². The number of aryl methyl sites for hydroxylation is 2. The summed E-state index contributed by atoms with van der Waals surface area (Å²) in [4.78, 5) is 13.6. The maximum absolute atomic E-state index is 12.3. The molecule has 0 bridgehead atoms. The Morgan fingerprint density at radius 3 is 2.55 bits per heavy atom. The zero-order valence-electron chi connectivity index (χ0n) is 17.2. The van der Waals surface area contributed by atoms with Crippen LogP contribution >= 0.6 is 11.8 Å². The van der Waals surface area contributed by atoms with Crippen molar-refractivity contribution in [1.82, 2.24) is 15.5 Å². The van der Waals surface area contributed by atoms with E-state index in [4.69, 9.17) is 4.42 Å². The minimum absolute atomic E-state index is 0.0527. The highest BCUT2D eigenvalue weighted by molar-refractivity contribution is 7.99. The van der Waals surface area contributed by atoms with Crippen molar-refractivity contribution in [2.24, 2.45) is 0 Å². The molecule has 1 heterocycles. The molecule has 0 aliphatic heterocycles. The quantitative estimate of drug-likeness (QED) is 0.557. The van der Waals surface area contributed by atoms with Gasteiger partial charge in [-0.2, -0.15) is 0 Å². The van der Waals surface area contributed by atoms with Crippen molar-refractivity contribution in [3.05, 3.63) is 65.2 Å². The molecule has 0 unspecified atom stereocenters. The molecule has 0 fully saturated rings. The Kier molecular flexibility index (Phi) is 7.06. The summed E-state index contributed by atoms with van der Waals surface area (Å²) in [5.41, 5.74) is 4.48. The molecule has 7 heteroatoms. The number of quaternary nitrogens is 1. The van der Waals surface area contributed by atoms with Gasteiger partial charge in [0.05, 0.1) is 26.4 Å². The highest BCUT2D eigenvalue weighted by atomic mass is 32.2. The predicted molar refractivity (Wildman–Crippen MR) is 115 cm³/mol. The zero-order valence-corrected chi connectivity index (χ0v) is 18.0. The van der Waals surface area contributed by atoms with Gasteiger partial charge in [-0.15, -0.1) is 10.2 Å². The molecule has 6 nitrogen and oxygen atoms in total. The van der Waals surface area contributed by atoms with Crippen LogP contribution in [0.15, 0.2) is 58.2 Å². The lowest BCUT2D eigenvalue weighted by Crippen LogP contribution is -3.07. The van der Waals surface area contributed by atoms with Gasteiger partial charge in [-0.05, 0) is 37.1 Å². The van der Waals surface area contributed by atoms with Crippen molar-refractivity contribution in [2.75, 3.05) is 26.4 Å². The van der Waals surface area contributed by atoms with E-state index in [0.717, 1.165) is 5.56 Å². The Morgan fingerprint density at radius 1 is 1.10 bits per heavy atom. The first-order chi connectivity index (χ1) is 13.9. The Morgan fingerprint density at radius 2 is 1.86 bits per heavy atom. The van der Waals surface area contributed by atoms with Crippen LogP contribution in [0.4, 0.5) is 0 Å². The number of rotatable bonds is 8. The molecule has 2 N–H and O–H groups in total. The summed E-state index contributed by atoms with van der Waals surface area (Å²) in [6.45, 7) is 4.68. The second-order valence-electron chi connectivity index (χ2n) is 7.31. The Bertz CT molecular complexity index is 956. The maximum Gasteiger partial charge on any atom is 0.277 e. The second-order valence-corrected chi connectivity index (χ2v) is 8.23. The van der Waals surface area contributed by atoms with E-state index in [1.807, 2.05) is 43.3 Å². The van der Waals surface area contributed by atoms with Crippen molar-refractivity contribution in [2.45, 2.75) is 25.1 Å². The van der Waals surface area contributed by atoms with Gasteiger partial charge in [0, 0.05) is 11.1 Å². The molecule has 1 aromatic heterocycles. The third kappa shape index (κ3) is 5.68. The Labute approximate surface area is 175 Å². The minimum atomic E-state index is -0.0527. The lowest BCUT2D eigenvalue weighted by Gasteiger charge is -2.22. The van der Waals surface area contributed by atoms with Crippen LogP contribution in [0.25, 0.3) is 11.5 Å². The summed E-state index contributed by atoms with van der Waals surface area (Å²) in [6, 6.07) is 16.4.